The topological polar surface area (TPSA) is 35.0 Å². The number of alkyl halides is 1. The summed E-state index contributed by atoms with van der Waals surface area (Å²) in [7, 11) is 0. The standard InChI is InChI=1S/C27H41FN2O/c1-3-4-5-6-7-8-9-10-11-12-13-14-24-21-29-27(30-22-24)25-15-17-26(18-16-25)31-20-19-23(2)28/h15-18,21-23H,3-14,19-20H2,1-2H3. The Morgan fingerprint density at radius 2 is 1.35 bits per heavy atom. The van der Waals surface area contributed by atoms with Crippen molar-refractivity contribution in [3.8, 4) is 17.1 Å². The van der Waals surface area contributed by atoms with Crippen molar-refractivity contribution in [2.75, 3.05) is 6.61 Å². The zero-order chi connectivity index (χ0) is 22.2. The smallest absolute Gasteiger partial charge is 0.159 e. The van der Waals surface area contributed by atoms with Crippen LogP contribution >= 0.6 is 0 Å². The van der Waals surface area contributed by atoms with Gasteiger partial charge in [0.25, 0.3) is 0 Å². The number of aryl methyl sites for hydroxylation is 1. The Bertz CT molecular complexity index is 685. The van der Waals surface area contributed by atoms with Crippen LogP contribution in [0.2, 0.25) is 0 Å². The summed E-state index contributed by atoms with van der Waals surface area (Å²) in [6, 6.07) is 7.68. The van der Waals surface area contributed by atoms with Crippen LogP contribution in [0.25, 0.3) is 11.4 Å². The van der Waals surface area contributed by atoms with Gasteiger partial charge in [-0.1, -0.05) is 71.1 Å². The van der Waals surface area contributed by atoms with Crippen molar-refractivity contribution in [2.45, 2.75) is 103 Å². The molecule has 0 saturated heterocycles. The average Bonchev–Trinajstić information content (AvgIpc) is 2.78. The molecule has 1 atom stereocenters. The Hall–Kier alpha value is -1.97. The fraction of sp³-hybridized carbons (Fsp3) is 0.630. The Balaban J connectivity index is 1.59. The van der Waals surface area contributed by atoms with Crippen molar-refractivity contribution < 1.29 is 9.13 Å². The van der Waals surface area contributed by atoms with E-state index in [4.69, 9.17) is 4.74 Å². The van der Waals surface area contributed by atoms with E-state index in [1.807, 2.05) is 36.7 Å². The molecule has 0 saturated carbocycles. The molecule has 2 rings (SSSR count). The first-order valence-corrected chi connectivity index (χ1v) is 12.4. The van der Waals surface area contributed by atoms with Crippen LogP contribution in [-0.4, -0.2) is 22.7 Å². The SMILES string of the molecule is CCCCCCCCCCCCCc1cnc(-c2ccc(OCCC(C)F)cc2)nc1. The first-order chi connectivity index (χ1) is 15.2. The molecule has 1 heterocycles. The van der Waals surface area contributed by atoms with Gasteiger partial charge in [-0.15, -0.1) is 0 Å². The van der Waals surface area contributed by atoms with Crippen molar-refractivity contribution in [1.82, 2.24) is 9.97 Å². The maximum absolute atomic E-state index is 12.8. The minimum atomic E-state index is -0.837. The van der Waals surface area contributed by atoms with Crippen LogP contribution in [-0.2, 0) is 6.42 Å². The molecule has 0 fully saturated rings. The lowest BCUT2D eigenvalue weighted by molar-refractivity contribution is 0.247. The summed E-state index contributed by atoms with van der Waals surface area (Å²) in [6.45, 7) is 4.21. The number of unbranched alkanes of at least 4 members (excludes halogenated alkanes) is 10. The van der Waals surface area contributed by atoms with E-state index in [1.165, 1.54) is 76.2 Å². The van der Waals surface area contributed by atoms with Gasteiger partial charge >= 0.3 is 0 Å². The lowest BCUT2D eigenvalue weighted by Crippen LogP contribution is -2.03. The van der Waals surface area contributed by atoms with Crippen LogP contribution in [0, 0.1) is 0 Å². The van der Waals surface area contributed by atoms with E-state index in [0.29, 0.717) is 13.0 Å². The summed E-state index contributed by atoms with van der Waals surface area (Å²) in [5.74, 6) is 1.48. The van der Waals surface area contributed by atoms with E-state index in [9.17, 15) is 4.39 Å². The van der Waals surface area contributed by atoms with E-state index < -0.39 is 6.17 Å². The van der Waals surface area contributed by atoms with Crippen LogP contribution in [0.3, 0.4) is 0 Å². The first-order valence-electron chi connectivity index (χ1n) is 12.4. The monoisotopic (exact) mass is 428 g/mol. The zero-order valence-electron chi connectivity index (χ0n) is 19.6. The van der Waals surface area contributed by atoms with E-state index in [1.54, 1.807) is 6.92 Å². The molecule has 31 heavy (non-hydrogen) atoms. The summed E-state index contributed by atoms with van der Waals surface area (Å²) in [5.41, 5.74) is 2.17. The summed E-state index contributed by atoms with van der Waals surface area (Å²) in [6.07, 6.45) is 19.5. The van der Waals surface area contributed by atoms with Crippen LogP contribution in [0.4, 0.5) is 4.39 Å². The molecule has 3 nitrogen and oxygen atoms in total. The third-order valence-electron chi connectivity index (χ3n) is 5.67. The van der Waals surface area contributed by atoms with Gasteiger partial charge < -0.3 is 4.74 Å². The third-order valence-corrected chi connectivity index (χ3v) is 5.67. The third kappa shape index (κ3) is 11.3. The van der Waals surface area contributed by atoms with Crippen molar-refractivity contribution >= 4 is 0 Å². The molecule has 1 unspecified atom stereocenters. The molecule has 0 radical (unpaired) electrons. The van der Waals surface area contributed by atoms with Gasteiger partial charge in [0.15, 0.2) is 5.82 Å². The second-order valence-corrected chi connectivity index (χ2v) is 8.64. The summed E-state index contributed by atoms with van der Waals surface area (Å²) in [4.78, 5) is 9.06. The minimum absolute atomic E-state index is 0.390. The van der Waals surface area contributed by atoms with E-state index in [-0.39, 0.29) is 0 Å². The van der Waals surface area contributed by atoms with Crippen molar-refractivity contribution in [1.29, 1.82) is 0 Å². The normalized spacial score (nSPS) is 12.1. The number of nitrogens with zero attached hydrogens (tertiary/aromatic N) is 2. The highest BCUT2D eigenvalue weighted by atomic mass is 19.1. The van der Waals surface area contributed by atoms with Crippen molar-refractivity contribution in [3.05, 3.63) is 42.2 Å². The van der Waals surface area contributed by atoms with E-state index in [0.717, 1.165) is 23.6 Å². The van der Waals surface area contributed by atoms with Gasteiger partial charge in [-0.2, -0.15) is 0 Å². The lowest BCUT2D eigenvalue weighted by Gasteiger charge is -2.08. The molecule has 0 amide bonds. The van der Waals surface area contributed by atoms with Gasteiger partial charge in [0.2, 0.25) is 0 Å². The predicted molar refractivity (Wildman–Crippen MR) is 128 cm³/mol. The number of halogens is 1. The molecular formula is C27H41FN2O. The van der Waals surface area contributed by atoms with E-state index in [2.05, 4.69) is 16.9 Å². The average molecular weight is 429 g/mol. The number of benzene rings is 1. The van der Waals surface area contributed by atoms with Gasteiger partial charge in [0.05, 0.1) is 6.61 Å². The Morgan fingerprint density at radius 1 is 0.806 bits per heavy atom. The van der Waals surface area contributed by atoms with Gasteiger partial charge in [-0.05, 0) is 49.6 Å². The number of hydrogen-bond acceptors (Lipinski definition) is 3. The molecule has 4 heteroatoms. The fourth-order valence-electron chi connectivity index (χ4n) is 3.67. The van der Waals surface area contributed by atoms with E-state index >= 15 is 0 Å². The zero-order valence-corrected chi connectivity index (χ0v) is 19.6. The Labute approximate surface area is 188 Å². The highest BCUT2D eigenvalue weighted by Crippen LogP contribution is 2.20. The summed E-state index contributed by atoms with van der Waals surface area (Å²) in [5, 5.41) is 0. The lowest BCUT2D eigenvalue weighted by atomic mass is 10.0. The maximum atomic E-state index is 12.8. The number of aromatic nitrogens is 2. The minimum Gasteiger partial charge on any atom is -0.493 e. The molecule has 0 aliphatic rings. The second-order valence-electron chi connectivity index (χ2n) is 8.64. The van der Waals surface area contributed by atoms with Crippen molar-refractivity contribution in [3.63, 3.8) is 0 Å². The van der Waals surface area contributed by atoms with Gasteiger partial charge in [-0.3, -0.25) is 0 Å². The summed E-state index contributed by atoms with van der Waals surface area (Å²) >= 11 is 0. The van der Waals surface area contributed by atoms with Gasteiger partial charge in [-0.25, -0.2) is 14.4 Å². The maximum Gasteiger partial charge on any atom is 0.159 e. The quantitative estimate of drug-likeness (QED) is 0.239. The molecule has 1 aromatic heterocycles. The molecule has 0 spiro atoms. The van der Waals surface area contributed by atoms with Gasteiger partial charge in [0.1, 0.15) is 11.9 Å². The van der Waals surface area contributed by atoms with Crippen molar-refractivity contribution in [2.24, 2.45) is 0 Å². The highest BCUT2D eigenvalue weighted by Gasteiger charge is 2.04. The predicted octanol–water partition coefficient (Wildman–Crippen LogP) is 8.12. The van der Waals surface area contributed by atoms with Crippen LogP contribution in [0.15, 0.2) is 36.7 Å². The second kappa shape index (κ2) is 15.8. The molecule has 0 bridgehead atoms. The highest BCUT2D eigenvalue weighted by molar-refractivity contribution is 5.55. The molecule has 172 valence electrons. The van der Waals surface area contributed by atoms with Crippen LogP contribution in [0.1, 0.15) is 96.5 Å². The number of rotatable bonds is 17. The molecule has 2 aromatic rings. The molecule has 0 N–H and O–H groups in total. The Morgan fingerprint density at radius 3 is 1.90 bits per heavy atom. The first kappa shape index (κ1) is 25.3. The largest absolute Gasteiger partial charge is 0.493 e. The molecule has 1 aromatic carbocycles. The number of hydrogen-bond donors (Lipinski definition) is 0. The summed E-state index contributed by atoms with van der Waals surface area (Å²) < 4.78 is 18.4. The van der Waals surface area contributed by atoms with Gasteiger partial charge in [0, 0.05) is 24.4 Å². The fourth-order valence-corrected chi connectivity index (χ4v) is 3.67. The molecule has 0 aliphatic heterocycles. The van der Waals surface area contributed by atoms with Crippen LogP contribution < -0.4 is 4.74 Å². The molecule has 0 aliphatic carbocycles. The van der Waals surface area contributed by atoms with Crippen LogP contribution in [0.5, 0.6) is 5.75 Å². The molecular weight excluding hydrogens is 387 g/mol. The number of ether oxygens (including phenoxy) is 1. The Kier molecular flexibility index (Phi) is 12.9.